The number of ether oxygens (including phenoxy) is 1. The first kappa shape index (κ1) is 13.3. The van der Waals surface area contributed by atoms with Gasteiger partial charge in [0.15, 0.2) is 0 Å². The van der Waals surface area contributed by atoms with E-state index < -0.39 is 5.97 Å². The zero-order chi connectivity index (χ0) is 12.8. The summed E-state index contributed by atoms with van der Waals surface area (Å²) < 4.78 is 4.80. The molecule has 0 aliphatic carbocycles. The van der Waals surface area contributed by atoms with E-state index in [1.54, 1.807) is 13.0 Å². The van der Waals surface area contributed by atoms with Crippen molar-refractivity contribution in [3.05, 3.63) is 28.8 Å². The van der Waals surface area contributed by atoms with E-state index in [4.69, 9.17) is 21.6 Å². The predicted molar refractivity (Wildman–Crippen MR) is 62.7 cm³/mol. The maximum Gasteiger partial charge on any atom is 0.310 e. The molecule has 0 aliphatic rings. The summed E-state index contributed by atoms with van der Waals surface area (Å²) in [5.41, 5.74) is 1.18. The van der Waals surface area contributed by atoms with Gasteiger partial charge >= 0.3 is 5.97 Å². The van der Waals surface area contributed by atoms with Crippen molar-refractivity contribution in [2.45, 2.75) is 19.2 Å². The van der Waals surface area contributed by atoms with Crippen molar-refractivity contribution in [3.63, 3.8) is 0 Å². The molecule has 4 nitrogen and oxygen atoms in total. The minimum Gasteiger partial charge on any atom is -0.507 e. The Balaban J connectivity index is 3.08. The number of halogens is 1. The quantitative estimate of drug-likeness (QED) is 0.659. The first-order valence-electron chi connectivity index (χ1n) is 5.08. The highest BCUT2D eigenvalue weighted by Gasteiger charge is 2.13. The summed E-state index contributed by atoms with van der Waals surface area (Å²) in [6.07, 6.45) is -0.0466. The van der Waals surface area contributed by atoms with Crippen LogP contribution in [0.25, 0.3) is 0 Å². The minimum atomic E-state index is -0.435. The SMILES string of the molecule is CCOC(=O)Cc1cc(CCl)cc(O)c1C#N. The van der Waals surface area contributed by atoms with Crippen molar-refractivity contribution in [2.75, 3.05) is 6.61 Å². The molecule has 5 heteroatoms. The minimum absolute atomic E-state index is 0.0466. The molecule has 0 aliphatic heterocycles. The van der Waals surface area contributed by atoms with E-state index in [9.17, 15) is 9.90 Å². The highest BCUT2D eigenvalue weighted by molar-refractivity contribution is 6.17. The molecule has 1 N–H and O–H groups in total. The molecule has 0 saturated carbocycles. The molecule has 1 aromatic carbocycles. The molecular formula is C12H12ClNO3. The van der Waals surface area contributed by atoms with Gasteiger partial charge in [-0.3, -0.25) is 4.79 Å². The summed E-state index contributed by atoms with van der Waals surface area (Å²) >= 11 is 5.65. The van der Waals surface area contributed by atoms with Gasteiger partial charge in [0.2, 0.25) is 0 Å². The molecule has 1 aromatic rings. The number of phenolic OH excluding ortho intramolecular Hbond substituents is 1. The monoisotopic (exact) mass is 253 g/mol. The van der Waals surface area contributed by atoms with Crippen molar-refractivity contribution in [3.8, 4) is 11.8 Å². The first-order valence-corrected chi connectivity index (χ1v) is 5.62. The van der Waals surface area contributed by atoms with Crippen LogP contribution in [-0.4, -0.2) is 17.7 Å². The van der Waals surface area contributed by atoms with Crippen LogP contribution in [0.4, 0.5) is 0 Å². The summed E-state index contributed by atoms with van der Waals surface area (Å²) in [6, 6.07) is 4.91. The number of esters is 1. The number of phenols is 1. The maximum atomic E-state index is 11.3. The van der Waals surface area contributed by atoms with Gasteiger partial charge in [-0.2, -0.15) is 5.26 Å². The second-order valence-corrected chi connectivity index (χ2v) is 3.64. The largest absolute Gasteiger partial charge is 0.507 e. The van der Waals surface area contributed by atoms with Crippen molar-refractivity contribution < 1.29 is 14.6 Å². The average Bonchev–Trinajstić information content (AvgIpc) is 2.28. The Morgan fingerprint density at radius 1 is 1.59 bits per heavy atom. The Bertz CT molecular complexity index is 466. The molecule has 17 heavy (non-hydrogen) atoms. The normalized spacial score (nSPS) is 9.71. The molecule has 0 amide bonds. The van der Waals surface area contributed by atoms with Crippen LogP contribution in [-0.2, 0) is 21.8 Å². The fourth-order valence-corrected chi connectivity index (χ4v) is 1.62. The van der Waals surface area contributed by atoms with E-state index in [2.05, 4.69) is 0 Å². The van der Waals surface area contributed by atoms with Crippen molar-refractivity contribution in [1.29, 1.82) is 5.26 Å². The second kappa shape index (κ2) is 6.12. The molecule has 0 fully saturated rings. The van der Waals surface area contributed by atoms with Gasteiger partial charge < -0.3 is 9.84 Å². The van der Waals surface area contributed by atoms with Gasteiger partial charge in [-0.1, -0.05) is 6.07 Å². The van der Waals surface area contributed by atoms with Gasteiger partial charge in [0.1, 0.15) is 11.8 Å². The Labute approximate surface area is 104 Å². The van der Waals surface area contributed by atoms with Crippen molar-refractivity contribution >= 4 is 17.6 Å². The summed E-state index contributed by atoms with van der Waals surface area (Å²) in [4.78, 5) is 11.3. The lowest BCUT2D eigenvalue weighted by Crippen LogP contribution is -2.09. The van der Waals surface area contributed by atoms with Gasteiger partial charge in [-0.15, -0.1) is 11.6 Å². The third kappa shape index (κ3) is 3.36. The van der Waals surface area contributed by atoms with Crippen molar-refractivity contribution in [2.24, 2.45) is 0 Å². The number of hydrogen-bond donors (Lipinski definition) is 1. The van der Waals surface area contributed by atoms with Crippen LogP contribution in [0, 0.1) is 11.3 Å². The summed E-state index contributed by atoms with van der Waals surface area (Å²) in [7, 11) is 0. The second-order valence-electron chi connectivity index (χ2n) is 3.38. The zero-order valence-electron chi connectivity index (χ0n) is 9.36. The van der Waals surface area contributed by atoms with Gasteiger partial charge in [0, 0.05) is 5.88 Å². The Morgan fingerprint density at radius 3 is 2.82 bits per heavy atom. The van der Waals surface area contributed by atoms with Crippen LogP contribution in [0.15, 0.2) is 12.1 Å². The van der Waals surface area contributed by atoms with Crippen LogP contribution in [0.1, 0.15) is 23.6 Å². The lowest BCUT2D eigenvalue weighted by Gasteiger charge is -2.07. The topological polar surface area (TPSA) is 70.3 Å². The Hall–Kier alpha value is -1.73. The van der Waals surface area contributed by atoms with E-state index >= 15 is 0 Å². The highest BCUT2D eigenvalue weighted by Crippen LogP contribution is 2.24. The molecular weight excluding hydrogens is 242 g/mol. The Morgan fingerprint density at radius 2 is 2.29 bits per heavy atom. The van der Waals surface area contributed by atoms with Gasteiger partial charge in [0.05, 0.1) is 18.6 Å². The average molecular weight is 254 g/mol. The van der Waals surface area contributed by atoms with Crippen LogP contribution < -0.4 is 0 Å². The summed E-state index contributed by atoms with van der Waals surface area (Å²) in [6.45, 7) is 1.98. The van der Waals surface area contributed by atoms with Crippen LogP contribution in [0.5, 0.6) is 5.75 Å². The van der Waals surface area contributed by atoms with Crippen LogP contribution in [0.2, 0.25) is 0 Å². The number of aromatic hydroxyl groups is 1. The first-order chi connectivity index (χ1) is 8.12. The molecule has 0 saturated heterocycles. The number of carbonyl (C=O) groups excluding carboxylic acids is 1. The molecule has 1 rings (SSSR count). The molecule has 0 spiro atoms. The van der Waals surface area contributed by atoms with Crippen molar-refractivity contribution in [1.82, 2.24) is 0 Å². The number of alkyl halides is 1. The molecule has 0 radical (unpaired) electrons. The third-order valence-electron chi connectivity index (χ3n) is 2.17. The fourth-order valence-electron chi connectivity index (χ4n) is 1.46. The Kier molecular flexibility index (Phi) is 4.80. The lowest BCUT2D eigenvalue weighted by atomic mass is 10.0. The summed E-state index contributed by atoms with van der Waals surface area (Å²) in [5, 5.41) is 18.5. The van der Waals surface area contributed by atoms with Gasteiger partial charge in [0.25, 0.3) is 0 Å². The number of carbonyl (C=O) groups is 1. The maximum absolute atomic E-state index is 11.3. The van der Waals surface area contributed by atoms with E-state index in [-0.39, 0.29) is 30.2 Å². The molecule has 90 valence electrons. The number of nitrogens with zero attached hydrogens (tertiary/aromatic N) is 1. The van der Waals surface area contributed by atoms with E-state index in [0.29, 0.717) is 11.1 Å². The molecule has 0 bridgehead atoms. The fraction of sp³-hybridized carbons (Fsp3) is 0.333. The van der Waals surface area contributed by atoms with Crippen LogP contribution >= 0.6 is 11.6 Å². The van der Waals surface area contributed by atoms with Gasteiger partial charge in [-0.05, 0) is 24.1 Å². The van der Waals surface area contributed by atoms with E-state index in [1.165, 1.54) is 6.07 Å². The smallest absolute Gasteiger partial charge is 0.310 e. The molecule has 0 heterocycles. The van der Waals surface area contributed by atoms with E-state index in [1.807, 2.05) is 6.07 Å². The predicted octanol–water partition coefficient (Wildman–Crippen LogP) is 2.11. The third-order valence-corrected chi connectivity index (χ3v) is 2.47. The van der Waals surface area contributed by atoms with Crippen LogP contribution in [0.3, 0.4) is 0 Å². The molecule has 0 aromatic heterocycles. The van der Waals surface area contributed by atoms with E-state index in [0.717, 1.165) is 0 Å². The number of hydrogen-bond acceptors (Lipinski definition) is 4. The number of rotatable bonds is 4. The highest BCUT2D eigenvalue weighted by atomic mass is 35.5. The number of nitriles is 1. The lowest BCUT2D eigenvalue weighted by molar-refractivity contribution is -0.142. The standard InChI is InChI=1S/C12H12ClNO3/c1-2-17-12(16)5-9-3-8(6-13)4-11(15)10(9)7-14/h3-4,15H,2,5-6H2,1H3. The number of benzene rings is 1. The summed E-state index contributed by atoms with van der Waals surface area (Å²) in [5.74, 6) is -0.394. The van der Waals surface area contributed by atoms with Gasteiger partial charge in [-0.25, -0.2) is 0 Å². The molecule has 0 atom stereocenters. The zero-order valence-corrected chi connectivity index (χ0v) is 10.1. The molecule has 0 unspecified atom stereocenters.